The molecule has 2 N–H and O–H groups in total. The van der Waals surface area contributed by atoms with Crippen LogP contribution in [0.5, 0.6) is 5.75 Å². The van der Waals surface area contributed by atoms with Crippen LogP contribution in [0.15, 0.2) is 82.6 Å². The molecule has 0 radical (unpaired) electrons. The van der Waals surface area contributed by atoms with Gasteiger partial charge in [-0.05, 0) is 62.4 Å². The van der Waals surface area contributed by atoms with Crippen LogP contribution in [-0.4, -0.2) is 22.9 Å². The van der Waals surface area contributed by atoms with Crippen LogP contribution in [0.4, 0.5) is 10.5 Å². The van der Waals surface area contributed by atoms with Crippen LogP contribution in [-0.2, 0) is 20.1 Å². The fourth-order valence-electron chi connectivity index (χ4n) is 2.53. The van der Waals surface area contributed by atoms with Gasteiger partial charge in [0.05, 0.1) is 4.90 Å². The van der Waals surface area contributed by atoms with Crippen LogP contribution < -0.4 is 14.2 Å². The topological polar surface area (TPSA) is 119 Å². The first-order chi connectivity index (χ1) is 14.5. The summed E-state index contributed by atoms with van der Waals surface area (Å²) in [7, 11) is -8.11. The second kappa shape index (κ2) is 8.78. The number of anilines is 1. The Labute approximate surface area is 181 Å². The van der Waals surface area contributed by atoms with Crippen molar-refractivity contribution >= 4 is 31.9 Å². The zero-order valence-corrected chi connectivity index (χ0v) is 18.3. The number of carbonyl (C=O) groups is 1. The maximum atomic E-state index is 12.4. The molecule has 0 saturated carbocycles. The van der Waals surface area contributed by atoms with Crippen molar-refractivity contribution in [1.82, 2.24) is 4.72 Å². The maximum absolute atomic E-state index is 12.4. The number of aryl methyl sites for hydroxylation is 2. The van der Waals surface area contributed by atoms with Gasteiger partial charge in [-0.3, -0.25) is 0 Å². The fourth-order valence-corrected chi connectivity index (χ4v) is 4.37. The summed E-state index contributed by atoms with van der Waals surface area (Å²) in [6.07, 6.45) is 0. The molecule has 162 valence electrons. The third-order valence-electron chi connectivity index (χ3n) is 4.19. The van der Waals surface area contributed by atoms with Gasteiger partial charge in [-0.1, -0.05) is 35.4 Å². The highest BCUT2D eigenvalue weighted by molar-refractivity contribution is 7.90. The monoisotopic (exact) mass is 460 g/mol. The zero-order chi connectivity index (χ0) is 22.6. The minimum atomic E-state index is -4.06. The van der Waals surface area contributed by atoms with Gasteiger partial charge in [0.25, 0.3) is 10.0 Å². The molecule has 3 aromatic carbocycles. The average Bonchev–Trinajstić information content (AvgIpc) is 2.70. The first-order valence-electron chi connectivity index (χ1n) is 9.07. The third-order valence-corrected chi connectivity index (χ3v) is 6.79. The van der Waals surface area contributed by atoms with E-state index in [9.17, 15) is 21.6 Å². The molecule has 0 aliphatic rings. The first-order valence-corrected chi connectivity index (χ1v) is 12.0. The largest absolute Gasteiger partial charge is 0.379 e. The fraction of sp³-hybridized carbons (Fsp3) is 0.0952. The van der Waals surface area contributed by atoms with Crippen molar-refractivity contribution in [2.75, 3.05) is 5.32 Å². The molecule has 0 fully saturated rings. The van der Waals surface area contributed by atoms with Crippen molar-refractivity contribution in [2.24, 2.45) is 0 Å². The lowest BCUT2D eigenvalue weighted by atomic mass is 10.2. The Balaban J connectivity index is 1.66. The molecule has 0 aromatic heterocycles. The van der Waals surface area contributed by atoms with E-state index in [0.717, 1.165) is 11.1 Å². The van der Waals surface area contributed by atoms with Crippen molar-refractivity contribution in [3.63, 3.8) is 0 Å². The first kappa shape index (κ1) is 22.3. The van der Waals surface area contributed by atoms with Gasteiger partial charge in [0.1, 0.15) is 10.6 Å². The van der Waals surface area contributed by atoms with E-state index in [1.165, 1.54) is 36.4 Å². The second-order valence-electron chi connectivity index (χ2n) is 6.75. The highest BCUT2D eigenvalue weighted by Gasteiger charge is 2.19. The summed E-state index contributed by atoms with van der Waals surface area (Å²) in [6.45, 7) is 3.68. The number of benzene rings is 3. The number of carbonyl (C=O) groups excluding carboxylic acids is 1. The molecule has 0 unspecified atom stereocenters. The number of rotatable bonds is 6. The smallest absolute Gasteiger partial charge is 0.339 e. The van der Waals surface area contributed by atoms with Crippen LogP contribution >= 0.6 is 0 Å². The van der Waals surface area contributed by atoms with E-state index in [-0.39, 0.29) is 21.2 Å². The molecule has 0 aliphatic carbocycles. The molecule has 0 atom stereocenters. The summed E-state index contributed by atoms with van der Waals surface area (Å²) >= 11 is 0. The predicted molar refractivity (Wildman–Crippen MR) is 116 cm³/mol. The average molecular weight is 461 g/mol. The highest BCUT2D eigenvalue weighted by atomic mass is 32.2. The zero-order valence-electron chi connectivity index (χ0n) is 16.7. The lowest BCUT2D eigenvalue weighted by Gasteiger charge is -2.10. The molecule has 3 rings (SSSR count). The van der Waals surface area contributed by atoms with Crippen LogP contribution in [0.3, 0.4) is 0 Å². The summed E-state index contributed by atoms with van der Waals surface area (Å²) < 4.78 is 56.3. The van der Waals surface area contributed by atoms with E-state index < -0.39 is 26.2 Å². The van der Waals surface area contributed by atoms with Crippen molar-refractivity contribution in [3.05, 3.63) is 83.9 Å². The van der Waals surface area contributed by atoms with Crippen molar-refractivity contribution < 1.29 is 25.8 Å². The molecule has 0 heterocycles. The molecular weight excluding hydrogens is 440 g/mol. The minimum absolute atomic E-state index is 0.0528. The Kier molecular flexibility index (Phi) is 6.32. The molecular formula is C21H20N2O6S2. The van der Waals surface area contributed by atoms with Gasteiger partial charge < -0.3 is 9.50 Å². The van der Waals surface area contributed by atoms with Gasteiger partial charge in [0.15, 0.2) is 0 Å². The Morgan fingerprint density at radius 1 is 0.710 bits per heavy atom. The standard InChI is InChI=1S/C21H20N2O6S2/c1-15-3-9-18(10-4-15)29-31(27,28)20-13-7-17(8-14-20)22-21(24)23-30(25,26)19-11-5-16(2)6-12-19/h3-14H,1-2H3,(H2,22,23,24). The molecule has 0 bridgehead atoms. The summed E-state index contributed by atoms with van der Waals surface area (Å²) in [5.41, 5.74) is 2.04. The van der Waals surface area contributed by atoms with Crippen molar-refractivity contribution in [3.8, 4) is 5.75 Å². The van der Waals surface area contributed by atoms with Gasteiger partial charge >= 0.3 is 16.1 Å². The number of urea groups is 1. The Hall–Kier alpha value is -3.37. The number of sulfonamides is 1. The summed E-state index contributed by atoms with van der Waals surface area (Å²) in [6, 6.07) is 16.7. The lowest BCUT2D eigenvalue weighted by molar-refractivity contribution is 0.256. The Morgan fingerprint density at radius 3 is 1.74 bits per heavy atom. The maximum Gasteiger partial charge on any atom is 0.339 e. The molecule has 0 spiro atoms. The molecule has 8 nitrogen and oxygen atoms in total. The van der Waals surface area contributed by atoms with Crippen LogP contribution in [0.25, 0.3) is 0 Å². The van der Waals surface area contributed by atoms with Gasteiger partial charge in [0, 0.05) is 5.69 Å². The van der Waals surface area contributed by atoms with Crippen molar-refractivity contribution in [2.45, 2.75) is 23.6 Å². The third kappa shape index (κ3) is 5.83. The normalized spacial score (nSPS) is 11.5. The summed E-state index contributed by atoms with van der Waals surface area (Å²) in [5.74, 6) is 0.175. The predicted octanol–water partition coefficient (Wildman–Crippen LogP) is 3.58. The van der Waals surface area contributed by atoms with Gasteiger partial charge in [-0.15, -0.1) is 0 Å². The summed E-state index contributed by atoms with van der Waals surface area (Å²) in [4.78, 5) is 11.9. The molecule has 10 heteroatoms. The molecule has 2 amide bonds. The van der Waals surface area contributed by atoms with E-state index in [2.05, 4.69) is 5.32 Å². The van der Waals surface area contributed by atoms with Gasteiger partial charge in [-0.25, -0.2) is 17.9 Å². The van der Waals surface area contributed by atoms with E-state index in [4.69, 9.17) is 4.18 Å². The minimum Gasteiger partial charge on any atom is -0.379 e. The van der Waals surface area contributed by atoms with E-state index in [0.29, 0.717) is 0 Å². The molecule has 0 saturated heterocycles. The Bertz CT molecular complexity index is 1280. The lowest BCUT2D eigenvalue weighted by Crippen LogP contribution is -2.34. The molecule has 31 heavy (non-hydrogen) atoms. The van der Waals surface area contributed by atoms with Gasteiger partial charge in [-0.2, -0.15) is 8.42 Å². The Morgan fingerprint density at radius 2 is 1.19 bits per heavy atom. The highest BCUT2D eigenvalue weighted by Crippen LogP contribution is 2.20. The number of amides is 2. The second-order valence-corrected chi connectivity index (χ2v) is 9.98. The summed E-state index contributed by atoms with van der Waals surface area (Å²) in [5, 5.41) is 2.35. The van der Waals surface area contributed by atoms with E-state index in [1.807, 2.05) is 18.6 Å². The van der Waals surface area contributed by atoms with Crippen LogP contribution in [0.2, 0.25) is 0 Å². The van der Waals surface area contributed by atoms with Gasteiger partial charge in [0.2, 0.25) is 0 Å². The number of hydrogen-bond acceptors (Lipinski definition) is 6. The number of hydrogen-bond donors (Lipinski definition) is 2. The van der Waals surface area contributed by atoms with Crippen molar-refractivity contribution in [1.29, 1.82) is 0 Å². The van der Waals surface area contributed by atoms with Crippen LogP contribution in [0.1, 0.15) is 11.1 Å². The van der Waals surface area contributed by atoms with E-state index >= 15 is 0 Å². The van der Waals surface area contributed by atoms with E-state index in [1.54, 1.807) is 36.4 Å². The molecule has 3 aromatic rings. The number of nitrogens with one attached hydrogen (secondary N) is 2. The quantitative estimate of drug-likeness (QED) is 0.543. The van der Waals surface area contributed by atoms with Crippen LogP contribution in [0, 0.1) is 13.8 Å². The molecule has 0 aliphatic heterocycles. The SMILES string of the molecule is Cc1ccc(OS(=O)(=O)c2ccc(NC(=O)NS(=O)(=O)c3ccc(C)cc3)cc2)cc1.